The van der Waals surface area contributed by atoms with Crippen molar-refractivity contribution in [3.63, 3.8) is 0 Å². The Morgan fingerprint density at radius 2 is 2.05 bits per heavy atom. The molecule has 2 heterocycles. The van der Waals surface area contributed by atoms with Gasteiger partial charge in [-0.15, -0.1) is 0 Å². The third kappa shape index (κ3) is 4.15. The summed E-state index contributed by atoms with van der Waals surface area (Å²) in [5.41, 5.74) is 2.31. The second kappa shape index (κ2) is 7.93. The Morgan fingerprint density at radius 3 is 2.73 bits per heavy atom. The lowest BCUT2D eigenvalue weighted by molar-refractivity contribution is 0.0594. The summed E-state index contributed by atoms with van der Waals surface area (Å²) in [4.78, 5) is 20.0. The maximum atomic E-state index is 11.6. The van der Waals surface area contributed by atoms with Crippen LogP contribution in [0, 0.1) is 0 Å². The minimum atomic E-state index is -0.446. The van der Waals surface area contributed by atoms with Crippen LogP contribution in [0.4, 0.5) is 5.82 Å². The molecule has 0 amide bonds. The van der Waals surface area contributed by atoms with Crippen molar-refractivity contribution < 1.29 is 9.53 Å². The first-order valence-electron chi connectivity index (χ1n) is 7.13. The lowest BCUT2D eigenvalue weighted by Crippen LogP contribution is -2.09. The zero-order chi connectivity index (χ0) is 15.8. The van der Waals surface area contributed by atoms with Gasteiger partial charge in [0.2, 0.25) is 0 Å². The van der Waals surface area contributed by atoms with Gasteiger partial charge in [-0.25, -0.2) is 9.78 Å². The van der Waals surface area contributed by atoms with E-state index in [1.54, 1.807) is 18.5 Å². The van der Waals surface area contributed by atoms with Gasteiger partial charge in [0.05, 0.1) is 7.11 Å². The Hall–Kier alpha value is -2.69. The van der Waals surface area contributed by atoms with E-state index in [9.17, 15) is 4.79 Å². The molecular formula is C17H19N3O2. The number of anilines is 1. The van der Waals surface area contributed by atoms with E-state index in [0.717, 1.165) is 17.5 Å². The Balaban J connectivity index is 2.24. The molecule has 0 unspecified atom stereocenters. The van der Waals surface area contributed by atoms with Crippen LogP contribution in [0.3, 0.4) is 0 Å². The predicted octanol–water partition coefficient (Wildman–Crippen LogP) is 3.30. The van der Waals surface area contributed by atoms with E-state index in [0.29, 0.717) is 12.4 Å². The van der Waals surface area contributed by atoms with Crippen molar-refractivity contribution in [3.8, 4) is 0 Å². The van der Waals surface area contributed by atoms with Crippen molar-refractivity contribution in [2.45, 2.75) is 19.9 Å². The van der Waals surface area contributed by atoms with E-state index >= 15 is 0 Å². The van der Waals surface area contributed by atoms with E-state index in [1.165, 1.54) is 7.11 Å². The van der Waals surface area contributed by atoms with Crippen molar-refractivity contribution in [2.75, 3.05) is 12.4 Å². The molecule has 0 saturated heterocycles. The van der Waals surface area contributed by atoms with Gasteiger partial charge in [-0.05, 0) is 36.2 Å². The third-order valence-corrected chi connectivity index (χ3v) is 3.06. The van der Waals surface area contributed by atoms with Crippen LogP contribution in [0.5, 0.6) is 0 Å². The fourth-order valence-electron chi connectivity index (χ4n) is 1.90. The molecule has 22 heavy (non-hydrogen) atoms. The van der Waals surface area contributed by atoms with E-state index in [-0.39, 0.29) is 5.69 Å². The van der Waals surface area contributed by atoms with Crippen LogP contribution in [0.1, 0.15) is 35.0 Å². The van der Waals surface area contributed by atoms with Crippen LogP contribution >= 0.6 is 0 Å². The zero-order valence-electron chi connectivity index (χ0n) is 12.7. The molecule has 0 radical (unpaired) electrons. The van der Waals surface area contributed by atoms with Gasteiger partial charge >= 0.3 is 5.97 Å². The lowest BCUT2D eigenvalue weighted by Gasteiger charge is -2.10. The summed E-state index contributed by atoms with van der Waals surface area (Å²) in [7, 11) is 1.35. The number of esters is 1. The number of carbonyl (C=O) groups excluding carboxylic acids is 1. The first kappa shape index (κ1) is 15.7. The molecule has 2 aromatic rings. The van der Waals surface area contributed by atoms with Crippen molar-refractivity contribution in [1.29, 1.82) is 0 Å². The number of nitrogens with one attached hydrogen (secondary N) is 1. The summed E-state index contributed by atoms with van der Waals surface area (Å²) in [5.74, 6) is 0.211. The van der Waals surface area contributed by atoms with Crippen LogP contribution in [-0.4, -0.2) is 23.0 Å². The van der Waals surface area contributed by atoms with Crippen LogP contribution in [0.15, 0.2) is 42.7 Å². The number of nitrogens with zero attached hydrogens (tertiary/aromatic N) is 2. The smallest absolute Gasteiger partial charge is 0.356 e. The average Bonchev–Trinajstić information content (AvgIpc) is 2.58. The highest BCUT2D eigenvalue weighted by atomic mass is 16.5. The maximum Gasteiger partial charge on any atom is 0.356 e. The minimum absolute atomic E-state index is 0.286. The Bertz CT molecular complexity index is 654. The minimum Gasteiger partial charge on any atom is -0.464 e. The number of allylic oxidation sites excluding steroid dienone is 1. The second-order valence-electron chi connectivity index (χ2n) is 4.65. The number of hydrogen-bond acceptors (Lipinski definition) is 5. The van der Waals surface area contributed by atoms with E-state index in [1.807, 2.05) is 30.4 Å². The number of hydrogen-bond donors (Lipinski definition) is 1. The summed E-state index contributed by atoms with van der Waals surface area (Å²) >= 11 is 0. The van der Waals surface area contributed by atoms with Gasteiger partial charge in [0.15, 0.2) is 5.69 Å². The van der Waals surface area contributed by atoms with Gasteiger partial charge in [0, 0.05) is 24.5 Å². The summed E-state index contributed by atoms with van der Waals surface area (Å²) < 4.78 is 4.72. The van der Waals surface area contributed by atoms with Gasteiger partial charge in [0.1, 0.15) is 5.82 Å². The molecule has 5 nitrogen and oxygen atoms in total. The van der Waals surface area contributed by atoms with Gasteiger partial charge in [0.25, 0.3) is 0 Å². The van der Waals surface area contributed by atoms with E-state index < -0.39 is 5.97 Å². The van der Waals surface area contributed by atoms with Crippen molar-refractivity contribution in [3.05, 3.63) is 59.6 Å². The largest absolute Gasteiger partial charge is 0.464 e. The van der Waals surface area contributed by atoms with Crippen LogP contribution < -0.4 is 5.32 Å². The normalized spacial score (nSPS) is 10.6. The molecule has 114 valence electrons. The molecule has 0 aliphatic rings. The molecule has 0 aliphatic heterocycles. The number of pyridine rings is 2. The van der Waals surface area contributed by atoms with Crippen LogP contribution in [0.25, 0.3) is 6.08 Å². The highest BCUT2D eigenvalue weighted by Crippen LogP contribution is 2.17. The van der Waals surface area contributed by atoms with Crippen molar-refractivity contribution in [1.82, 2.24) is 9.97 Å². The highest BCUT2D eigenvalue weighted by molar-refractivity contribution is 5.88. The molecule has 0 fully saturated rings. The maximum absolute atomic E-state index is 11.6. The van der Waals surface area contributed by atoms with E-state index in [4.69, 9.17) is 4.74 Å². The zero-order valence-corrected chi connectivity index (χ0v) is 12.7. The number of carbonyl (C=O) groups is 1. The Labute approximate surface area is 130 Å². The van der Waals surface area contributed by atoms with Crippen LogP contribution in [-0.2, 0) is 11.3 Å². The number of rotatable bonds is 6. The molecule has 0 aliphatic carbocycles. The molecular weight excluding hydrogens is 278 g/mol. The summed E-state index contributed by atoms with van der Waals surface area (Å²) in [6.45, 7) is 2.67. The Kier molecular flexibility index (Phi) is 5.65. The molecule has 1 N–H and O–H groups in total. The average molecular weight is 297 g/mol. The van der Waals surface area contributed by atoms with Gasteiger partial charge in [-0.3, -0.25) is 4.98 Å². The Morgan fingerprint density at radius 1 is 1.27 bits per heavy atom. The van der Waals surface area contributed by atoms with Crippen molar-refractivity contribution >= 4 is 17.9 Å². The van der Waals surface area contributed by atoms with Crippen molar-refractivity contribution in [2.24, 2.45) is 0 Å². The molecule has 0 bridgehead atoms. The number of aromatic nitrogens is 2. The monoisotopic (exact) mass is 297 g/mol. The second-order valence-corrected chi connectivity index (χ2v) is 4.65. The topological polar surface area (TPSA) is 64.1 Å². The molecule has 0 aromatic carbocycles. The molecule has 0 saturated carbocycles. The quantitative estimate of drug-likeness (QED) is 0.829. The summed E-state index contributed by atoms with van der Waals surface area (Å²) in [6.07, 6.45) is 8.46. The third-order valence-electron chi connectivity index (χ3n) is 3.06. The van der Waals surface area contributed by atoms with Gasteiger partial charge < -0.3 is 10.1 Å². The fourth-order valence-corrected chi connectivity index (χ4v) is 1.90. The highest BCUT2D eigenvalue weighted by Gasteiger charge is 2.10. The number of ether oxygens (including phenoxy) is 1. The SMILES string of the molecule is CC/C=C\c1ccc(C(=O)OC)nc1NCc1ccncc1. The molecule has 0 spiro atoms. The molecule has 2 aromatic heterocycles. The standard InChI is InChI=1S/C17H19N3O2/c1-3-4-5-14-6-7-15(17(21)22-2)20-16(14)19-12-13-8-10-18-11-9-13/h4-11H,3,12H2,1-2H3,(H,19,20)/b5-4-. The fraction of sp³-hybridized carbons (Fsp3) is 0.235. The number of methoxy groups -OCH3 is 1. The van der Waals surface area contributed by atoms with E-state index in [2.05, 4.69) is 22.2 Å². The first-order chi connectivity index (χ1) is 10.7. The van der Waals surface area contributed by atoms with Gasteiger partial charge in [-0.2, -0.15) is 0 Å². The summed E-state index contributed by atoms with van der Waals surface area (Å²) in [6, 6.07) is 7.39. The molecule has 5 heteroatoms. The molecule has 0 atom stereocenters. The van der Waals surface area contributed by atoms with Gasteiger partial charge in [-0.1, -0.05) is 19.1 Å². The van der Waals surface area contributed by atoms with Crippen LogP contribution in [0.2, 0.25) is 0 Å². The predicted molar refractivity (Wildman–Crippen MR) is 86.5 cm³/mol. The first-order valence-corrected chi connectivity index (χ1v) is 7.13. The lowest BCUT2D eigenvalue weighted by atomic mass is 10.2. The summed E-state index contributed by atoms with van der Waals surface area (Å²) in [5, 5.41) is 3.26. The molecule has 2 rings (SSSR count).